The Morgan fingerprint density at radius 2 is 2.18 bits per heavy atom. The van der Waals surface area contributed by atoms with Crippen molar-refractivity contribution in [1.82, 2.24) is 19.8 Å². The molecule has 0 amide bonds. The summed E-state index contributed by atoms with van der Waals surface area (Å²) >= 11 is 0. The molecule has 1 aromatic heterocycles. The van der Waals surface area contributed by atoms with Gasteiger partial charge in [0.1, 0.15) is 4.90 Å². The summed E-state index contributed by atoms with van der Waals surface area (Å²) in [7, 11) is -1.75. The molecule has 1 fully saturated rings. The van der Waals surface area contributed by atoms with Crippen molar-refractivity contribution < 1.29 is 8.42 Å². The van der Waals surface area contributed by atoms with Crippen LogP contribution >= 0.6 is 0 Å². The van der Waals surface area contributed by atoms with Crippen molar-refractivity contribution in [3.63, 3.8) is 0 Å². The van der Waals surface area contributed by atoms with Crippen molar-refractivity contribution in [3.8, 4) is 0 Å². The molecule has 17 heavy (non-hydrogen) atoms. The van der Waals surface area contributed by atoms with Gasteiger partial charge in [0.2, 0.25) is 10.0 Å². The molecule has 0 aromatic carbocycles. The molecule has 2 heterocycles. The van der Waals surface area contributed by atoms with E-state index >= 15 is 0 Å². The summed E-state index contributed by atoms with van der Waals surface area (Å²) in [6, 6.07) is 0. The number of hydrogen-bond donors (Lipinski definition) is 2. The van der Waals surface area contributed by atoms with Crippen molar-refractivity contribution in [3.05, 3.63) is 12.4 Å². The normalized spacial score (nSPS) is 18.7. The summed E-state index contributed by atoms with van der Waals surface area (Å²) < 4.78 is 25.7. The zero-order valence-corrected chi connectivity index (χ0v) is 10.7. The standard InChI is InChI=1S/C10H18N4O2S/c1-14(8-9-2-4-11-5-3-9)17(15,16)10-6-12-13-7-10/h6-7,9,11H,2-5,8H2,1H3,(H,12,13). The molecule has 1 aromatic rings. The number of nitrogens with one attached hydrogen (secondary N) is 2. The van der Waals surface area contributed by atoms with Crippen LogP contribution in [0.5, 0.6) is 0 Å². The summed E-state index contributed by atoms with van der Waals surface area (Å²) in [5, 5.41) is 9.48. The van der Waals surface area contributed by atoms with Crippen LogP contribution in [-0.2, 0) is 10.0 Å². The molecule has 1 saturated heterocycles. The lowest BCUT2D eigenvalue weighted by Gasteiger charge is -2.26. The van der Waals surface area contributed by atoms with Gasteiger partial charge in [0.25, 0.3) is 0 Å². The molecule has 0 atom stereocenters. The van der Waals surface area contributed by atoms with Crippen molar-refractivity contribution in [1.29, 1.82) is 0 Å². The predicted octanol–water partition coefficient (Wildman–Crippen LogP) is 0.0298. The summed E-state index contributed by atoms with van der Waals surface area (Å²) in [5.74, 6) is 0.447. The predicted molar refractivity (Wildman–Crippen MR) is 64.0 cm³/mol. The van der Waals surface area contributed by atoms with Gasteiger partial charge in [-0.25, -0.2) is 12.7 Å². The second-order valence-electron chi connectivity index (χ2n) is 4.41. The smallest absolute Gasteiger partial charge is 0.245 e. The number of aromatic amines is 1. The third kappa shape index (κ3) is 2.85. The molecule has 0 radical (unpaired) electrons. The van der Waals surface area contributed by atoms with Crippen molar-refractivity contribution in [2.45, 2.75) is 17.7 Å². The number of aromatic nitrogens is 2. The first kappa shape index (κ1) is 12.5. The van der Waals surface area contributed by atoms with Gasteiger partial charge in [-0.15, -0.1) is 0 Å². The fourth-order valence-electron chi connectivity index (χ4n) is 2.09. The van der Waals surface area contributed by atoms with E-state index in [9.17, 15) is 8.42 Å². The second-order valence-corrected chi connectivity index (χ2v) is 6.46. The zero-order chi connectivity index (χ0) is 12.3. The Balaban J connectivity index is 2.01. The number of rotatable bonds is 4. The Morgan fingerprint density at radius 1 is 1.47 bits per heavy atom. The van der Waals surface area contributed by atoms with Crippen LogP contribution in [0.1, 0.15) is 12.8 Å². The number of hydrogen-bond acceptors (Lipinski definition) is 4. The van der Waals surface area contributed by atoms with E-state index in [1.807, 2.05) is 0 Å². The maximum absolute atomic E-state index is 12.1. The summed E-state index contributed by atoms with van der Waals surface area (Å²) in [6.45, 7) is 2.53. The molecule has 0 spiro atoms. The van der Waals surface area contributed by atoms with Crippen molar-refractivity contribution >= 4 is 10.0 Å². The first-order valence-corrected chi connectivity index (χ1v) is 7.20. The van der Waals surface area contributed by atoms with Gasteiger partial charge < -0.3 is 5.32 Å². The molecular formula is C10H18N4O2S. The Morgan fingerprint density at radius 3 is 2.76 bits per heavy atom. The third-order valence-corrected chi connectivity index (χ3v) is 4.94. The summed E-state index contributed by atoms with van der Waals surface area (Å²) in [5.41, 5.74) is 0. The van der Waals surface area contributed by atoms with Crippen LogP contribution in [0.2, 0.25) is 0 Å². The number of nitrogens with zero attached hydrogens (tertiary/aromatic N) is 2. The monoisotopic (exact) mass is 258 g/mol. The van der Waals surface area contributed by atoms with Crippen molar-refractivity contribution in [2.24, 2.45) is 5.92 Å². The SMILES string of the molecule is CN(CC1CCNCC1)S(=O)(=O)c1cn[nH]c1. The van der Waals surface area contributed by atoms with Gasteiger partial charge in [-0.05, 0) is 31.8 Å². The minimum absolute atomic E-state index is 0.230. The Hall–Kier alpha value is -0.920. The van der Waals surface area contributed by atoms with E-state index in [-0.39, 0.29) is 4.90 Å². The van der Waals surface area contributed by atoms with Gasteiger partial charge in [-0.2, -0.15) is 5.10 Å². The minimum Gasteiger partial charge on any atom is -0.317 e. The van der Waals surface area contributed by atoms with Crippen LogP contribution in [0.15, 0.2) is 17.3 Å². The van der Waals surface area contributed by atoms with E-state index in [2.05, 4.69) is 15.5 Å². The van der Waals surface area contributed by atoms with Crippen LogP contribution < -0.4 is 5.32 Å². The quantitative estimate of drug-likeness (QED) is 0.798. The van der Waals surface area contributed by atoms with Gasteiger partial charge >= 0.3 is 0 Å². The Labute approximate surface area is 101 Å². The van der Waals surface area contributed by atoms with Gasteiger partial charge in [-0.1, -0.05) is 0 Å². The van der Waals surface area contributed by atoms with Crippen LogP contribution in [0.25, 0.3) is 0 Å². The Kier molecular flexibility index (Phi) is 3.80. The lowest BCUT2D eigenvalue weighted by Crippen LogP contribution is -2.37. The zero-order valence-electron chi connectivity index (χ0n) is 9.89. The van der Waals surface area contributed by atoms with Crippen LogP contribution in [0.4, 0.5) is 0 Å². The Bertz CT molecular complexity index is 437. The topological polar surface area (TPSA) is 78.1 Å². The van der Waals surface area contributed by atoms with Gasteiger partial charge in [0.15, 0.2) is 0 Å². The lowest BCUT2D eigenvalue weighted by molar-refractivity contribution is 0.311. The van der Waals surface area contributed by atoms with Crippen LogP contribution in [0, 0.1) is 5.92 Å². The molecule has 2 N–H and O–H groups in total. The molecular weight excluding hydrogens is 240 g/mol. The highest BCUT2D eigenvalue weighted by molar-refractivity contribution is 7.89. The fraction of sp³-hybridized carbons (Fsp3) is 0.700. The summed E-state index contributed by atoms with van der Waals surface area (Å²) in [4.78, 5) is 0.230. The van der Waals surface area contributed by atoms with Gasteiger partial charge in [0.05, 0.1) is 6.20 Å². The van der Waals surface area contributed by atoms with E-state index in [0.29, 0.717) is 12.5 Å². The highest BCUT2D eigenvalue weighted by Crippen LogP contribution is 2.18. The second kappa shape index (κ2) is 5.16. The van der Waals surface area contributed by atoms with Gasteiger partial charge in [-0.3, -0.25) is 5.10 Å². The van der Waals surface area contributed by atoms with Crippen molar-refractivity contribution in [2.75, 3.05) is 26.7 Å². The number of sulfonamides is 1. The first-order valence-electron chi connectivity index (χ1n) is 5.76. The van der Waals surface area contributed by atoms with Crippen LogP contribution in [-0.4, -0.2) is 49.6 Å². The molecule has 1 aliphatic rings. The lowest BCUT2D eigenvalue weighted by atomic mass is 9.98. The average Bonchev–Trinajstić information content (AvgIpc) is 2.84. The largest absolute Gasteiger partial charge is 0.317 e. The third-order valence-electron chi connectivity index (χ3n) is 3.16. The molecule has 1 aliphatic heterocycles. The fourth-order valence-corrected chi connectivity index (χ4v) is 3.24. The maximum atomic E-state index is 12.1. The highest BCUT2D eigenvalue weighted by atomic mass is 32.2. The van der Waals surface area contributed by atoms with E-state index < -0.39 is 10.0 Å². The first-order chi connectivity index (χ1) is 8.10. The molecule has 0 bridgehead atoms. The number of H-pyrrole nitrogens is 1. The molecule has 96 valence electrons. The maximum Gasteiger partial charge on any atom is 0.245 e. The molecule has 0 unspecified atom stereocenters. The highest BCUT2D eigenvalue weighted by Gasteiger charge is 2.25. The van der Waals surface area contributed by atoms with E-state index in [1.54, 1.807) is 7.05 Å². The van der Waals surface area contributed by atoms with E-state index in [1.165, 1.54) is 16.7 Å². The molecule has 2 rings (SSSR count). The minimum atomic E-state index is -3.38. The van der Waals surface area contributed by atoms with E-state index in [4.69, 9.17) is 0 Å². The molecule has 7 heteroatoms. The molecule has 0 saturated carbocycles. The number of piperidine rings is 1. The molecule has 6 nitrogen and oxygen atoms in total. The summed E-state index contributed by atoms with van der Waals surface area (Å²) in [6.07, 6.45) is 4.82. The van der Waals surface area contributed by atoms with Gasteiger partial charge in [0, 0.05) is 19.8 Å². The average molecular weight is 258 g/mol. The van der Waals surface area contributed by atoms with Crippen LogP contribution in [0.3, 0.4) is 0 Å². The van der Waals surface area contributed by atoms with E-state index in [0.717, 1.165) is 25.9 Å². The molecule has 0 aliphatic carbocycles.